The van der Waals surface area contributed by atoms with Crippen molar-refractivity contribution >= 4 is 5.69 Å². The molecule has 1 heterocycles. The second kappa shape index (κ2) is 5.45. The Labute approximate surface area is 114 Å². The summed E-state index contributed by atoms with van der Waals surface area (Å²) in [6, 6.07) is 3.44. The molecule has 0 aromatic carbocycles. The van der Waals surface area contributed by atoms with Gasteiger partial charge in [-0.1, -0.05) is 27.7 Å². The van der Waals surface area contributed by atoms with Crippen molar-refractivity contribution < 1.29 is 9.13 Å². The molecule has 1 fully saturated rings. The topological polar surface area (TPSA) is 34.1 Å². The molecule has 3 nitrogen and oxygen atoms in total. The maximum absolute atomic E-state index is 12.8. The maximum atomic E-state index is 12.8. The first-order chi connectivity index (χ1) is 8.89. The van der Waals surface area contributed by atoms with Gasteiger partial charge in [-0.2, -0.15) is 4.39 Å². The van der Waals surface area contributed by atoms with Crippen LogP contribution in [0.25, 0.3) is 0 Å². The maximum Gasteiger partial charge on any atom is 0.212 e. The zero-order valence-electron chi connectivity index (χ0n) is 12.1. The number of halogens is 1. The van der Waals surface area contributed by atoms with Crippen LogP contribution in [0.15, 0.2) is 18.3 Å². The molecular formula is C15H23FN2O. The standard InChI is InChI=1S/C15H23FN2O/c1-10(2)9-19-13-7-12(15(13,3)4)18-11-5-6-14(16)17-8-11/h5-6,8,10,12-13,18H,7,9H2,1-4H3. The molecule has 1 aromatic rings. The van der Waals surface area contributed by atoms with E-state index < -0.39 is 5.95 Å². The fourth-order valence-corrected chi connectivity index (χ4v) is 2.38. The van der Waals surface area contributed by atoms with Crippen molar-refractivity contribution in [2.45, 2.75) is 46.3 Å². The fraction of sp³-hybridized carbons (Fsp3) is 0.667. The third-order valence-corrected chi connectivity index (χ3v) is 3.88. The van der Waals surface area contributed by atoms with Gasteiger partial charge in [0.2, 0.25) is 5.95 Å². The number of pyridine rings is 1. The van der Waals surface area contributed by atoms with Crippen LogP contribution < -0.4 is 5.32 Å². The van der Waals surface area contributed by atoms with Crippen LogP contribution in [0, 0.1) is 17.3 Å². The average Bonchev–Trinajstić information content (AvgIpc) is 2.34. The van der Waals surface area contributed by atoms with Gasteiger partial charge >= 0.3 is 0 Å². The summed E-state index contributed by atoms with van der Waals surface area (Å²) in [5.41, 5.74) is 0.949. The average molecular weight is 266 g/mol. The lowest BCUT2D eigenvalue weighted by Gasteiger charge is -2.52. The molecule has 4 heteroatoms. The number of ether oxygens (including phenoxy) is 1. The third-order valence-electron chi connectivity index (χ3n) is 3.88. The van der Waals surface area contributed by atoms with Crippen LogP contribution in [0.3, 0.4) is 0 Å². The first-order valence-corrected chi connectivity index (χ1v) is 6.89. The SMILES string of the molecule is CC(C)COC1CC(Nc2ccc(F)nc2)C1(C)C. The molecule has 1 aromatic heterocycles. The van der Waals surface area contributed by atoms with E-state index >= 15 is 0 Å². The van der Waals surface area contributed by atoms with E-state index in [2.05, 4.69) is 38.0 Å². The van der Waals surface area contributed by atoms with E-state index in [9.17, 15) is 4.39 Å². The largest absolute Gasteiger partial charge is 0.380 e. The Morgan fingerprint density at radius 1 is 1.47 bits per heavy atom. The van der Waals surface area contributed by atoms with Gasteiger partial charge in [0.1, 0.15) is 0 Å². The highest BCUT2D eigenvalue weighted by Gasteiger charge is 2.49. The molecule has 0 spiro atoms. The summed E-state index contributed by atoms with van der Waals surface area (Å²) in [6.07, 6.45) is 2.81. The fourth-order valence-electron chi connectivity index (χ4n) is 2.38. The molecule has 2 atom stereocenters. The van der Waals surface area contributed by atoms with Gasteiger partial charge in [0.25, 0.3) is 0 Å². The molecule has 2 rings (SSSR count). The Kier molecular flexibility index (Phi) is 4.09. The van der Waals surface area contributed by atoms with Crippen molar-refractivity contribution in [3.05, 3.63) is 24.3 Å². The number of nitrogens with one attached hydrogen (secondary N) is 1. The summed E-state index contributed by atoms with van der Waals surface area (Å²) in [5.74, 6) is 0.112. The summed E-state index contributed by atoms with van der Waals surface area (Å²) >= 11 is 0. The highest BCUT2D eigenvalue weighted by molar-refractivity contribution is 5.42. The number of nitrogens with zero attached hydrogens (tertiary/aromatic N) is 1. The van der Waals surface area contributed by atoms with Crippen molar-refractivity contribution in [3.8, 4) is 0 Å². The van der Waals surface area contributed by atoms with Gasteiger partial charge in [-0.05, 0) is 24.5 Å². The summed E-state index contributed by atoms with van der Waals surface area (Å²) < 4.78 is 18.7. The normalized spacial score (nSPS) is 25.2. The van der Waals surface area contributed by atoms with E-state index in [0.717, 1.165) is 18.7 Å². The first-order valence-electron chi connectivity index (χ1n) is 6.89. The van der Waals surface area contributed by atoms with Crippen molar-refractivity contribution in [1.82, 2.24) is 4.98 Å². The quantitative estimate of drug-likeness (QED) is 0.829. The molecule has 0 aliphatic heterocycles. The van der Waals surface area contributed by atoms with Crippen LogP contribution in [-0.4, -0.2) is 23.7 Å². The summed E-state index contributed by atoms with van der Waals surface area (Å²) in [4.78, 5) is 3.66. The van der Waals surface area contributed by atoms with Gasteiger partial charge in [0, 0.05) is 18.1 Å². The van der Waals surface area contributed by atoms with Gasteiger partial charge in [0.15, 0.2) is 0 Å². The second-order valence-corrected chi connectivity index (χ2v) is 6.34. The van der Waals surface area contributed by atoms with Crippen molar-refractivity contribution in [2.24, 2.45) is 11.3 Å². The molecule has 0 amide bonds. The van der Waals surface area contributed by atoms with Crippen LogP contribution in [0.5, 0.6) is 0 Å². The Hall–Kier alpha value is -1.16. The molecule has 0 radical (unpaired) electrons. The van der Waals surface area contributed by atoms with Crippen molar-refractivity contribution in [2.75, 3.05) is 11.9 Å². The second-order valence-electron chi connectivity index (χ2n) is 6.34. The summed E-state index contributed by atoms with van der Waals surface area (Å²) in [6.45, 7) is 9.53. The highest BCUT2D eigenvalue weighted by atomic mass is 19.1. The van der Waals surface area contributed by atoms with E-state index in [0.29, 0.717) is 18.1 Å². The lowest BCUT2D eigenvalue weighted by atomic mass is 9.64. The zero-order chi connectivity index (χ0) is 14.0. The van der Waals surface area contributed by atoms with Gasteiger partial charge in [0.05, 0.1) is 18.0 Å². The number of hydrogen-bond acceptors (Lipinski definition) is 3. The highest BCUT2D eigenvalue weighted by Crippen LogP contribution is 2.44. The van der Waals surface area contributed by atoms with E-state index in [1.807, 2.05) is 0 Å². The Morgan fingerprint density at radius 3 is 2.74 bits per heavy atom. The number of aromatic nitrogens is 1. The number of hydrogen-bond donors (Lipinski definition) is 1. The third kappa shape index (κ3) is 3.24. The van der Waals surface area contributed by atoms with Crippen LogP contribution in [0.1, 0.15) is 34.1 Å². The Morgan fingerprint density at radius 2 is 2.21 bits per heavy atom. The minimum atomic E-state index is -0.448. The Bertz CT molecular complexity index is 417. The lowest BCUT2D eigenvalue weighted by Crippen LogP contribution is -2.58. The number of anilines is 1. The van der Waals surface area contributed by atoms with E-state index in [-0.39, 0.29) is 5.41 Å². The molecular weight excluding hydrogens is 243 g/mol. The lowest BCUT2D eigenvalue weighted by molar-refractivity contribution is -0.108. The van der Waals surface area contributed by atoms with Gasteiger partial charge < -0.3 is 10.1 Å². The molecule has 1 saturated carbocycles. The minimum Gasteiger partial charge on any atom is -0.380 e. The van der Waals surface area contributed by atoms with E-state index in [4.69, 9.17) is 4.74 Å². The smallest absolute Gasteiger partial charge is 0.212 e. The first kappa shape index (κ1) is 14.3. The molecule has 2 unspecified atom stereocenters. The van der Waals surface area contributed by atoms with Crippen molar-refractivity contribution in [1.29, 1.82) is 0 Å². The zero-order valence-corrected chi connectivity index (χ0v) is 12.1. The van der Waals surface area contributed by atoms with Crippen LogP contribution >= 0.6 is 0 Å². The van der Waals surface area contributed by atoms with Gasteiger partial charge in [-0.3, -0.25) is 0 Å². The Balaban J connectivity index is 1.88. The molecule has 0 bridgehead atoms. The van der Waals surface area contributed by atoms with Crippen LogP contribution in [0.2, 0.25) is 0 Å². The number of rotatable bonds is 5. The molecule has 1 N–H and O–H groups in total. The molecule has 106 valence electrons. The van der Waals surface area contributed by atoms with Crippen molar-refractivity contribution in [3.63, 3.8) is 0 Å². The molecule has 19 heavy (non-hydrogen) atoms. The van der Waals surface area contributed by atoms with E-state index in [1.54, 1.807) is 6.07 Å². The summed E-state index contributed by atoms with van der Waals surface area (Å²) in [5, 5.41) is 3.40. The van der Waals surface area contributed by atoms with Gasteiger partial charge in [-0.15, -0.1) is 0 Å². The van der Waals surface area contributed by atoms with Crippen LogP contribution in [0.4, 0.5) is 10.1 Å². The predicted molar refractivity (Wildman–Crippen MR) is 74.6 cm³/mol. The molecule has 0 saturated heterocycles. The van der Waals surface area contributed by atoms with Gasteiger partial charge in [-0.25, -0.2) is 4.98 Å². The van der Waals surface area contributed by atoms with Crippen LogP contribution in [-0.2, 0) is 4.74 Å². The summed E-state index contributed by atoms with van der Waals surface area (Å²) in [7, 11) is 0. The minimum absolute atomic E-state index is 0.0866. The predicted octanol–water partition coefficient (Wildman–Crippen LogP) is 3.47. The van der Waals surface area contributed by atoms with E-state index in [1.165, 1.54) is 12.3 Å². The monoisotopic (exact) mass is 266 g/mol. The molecule has 1 aliphatic rings. The molecule has 1 aliphatic carbocycles.